The van der Waals surface area contributed by atoms with Gasteiger partial charge in [-0.1, -0.05) is 18.2 Å². The monoisotopic (exact) mass is 334 g/mol. The van der Waals surface area contributed by atoms with Crippen molar-refractivity contribution in [1.82, 2.24) is 9.97 Å². The Hall–Kier alpha value is -2.12. The number of hydrogen-bond donors (Lipinski definition) is 0. The van der Waals surface area contributed by atoms with Crippen molar-refractivity contribution in [3.05, 3.63) is 42.2 Å². The summed E-state index contributed by atoms with van der Waals surface area (Å²) in [6.45, 7) is 0.201. The van der Waals surface area contributed by atoms with Crippen LogP contribution in [0.25, 0.3) is 0 Å². The minimum absolute atomic E-state index is 0.201. The van der Waals surface area contributed by atoms with Crippen LogP contribution in [0.5, 0.6) is 11.6 Å². The third-order valence-corrected chi connectivity index (χ3v) is 3.80. The highest BCUT2D eigenvalue weighted by molar-refractivity contribution is 7.98. The molecule has 6 nitrogen and oxygen atoms in total. The molecule has 1 heterocycles. The summed E-state index contributed by atoms with van der Waals surface area (Å²) in [6, 6.07) is 9.00. The van der Waals surface area contributed by atoms with Crippen molar-refractivity contribution < 1.29 is 19.0 Å². The summed E-state index contributed by atoms with van der Waals surface area (Å²) in [5.74, 6) is 0.00184. The molecule has 0 N–H and O–H groups in total. The molecule has 0 saturated heterocycles. The van der Waals surface area contributed by atoms with Crippen LogP contribution in [0, 0.1) is 0 Å². The zero-order chi connectivity index (χ0) is 16.7. The Kier molecular flexibility index (Phi) is 6.37. The smallest absolute Gasteiger partial charge is 0.315 e. The molecule has 1 unspecified atom stereocenters. The minimum atomic E-state index is -0.567. The van der Waals surface area contributed by atoms with Gasteiger partial charge in [0.25, 0.3) is 0 Å². The van der Waals surface area contributed by atoms with Crippen LogP contribution in [0.2, 0.25) is 0 Å². The van der Waals surface area contributed by atoms with E-state index in [1.165, 1.54) is 32.3 Å². The molecule has 7 heteroatoms. The largest absolute Gasteiger partial charge is 0.468 e. The molecule has 0 aliphatic carbocycles. The van der Waals surface area contributed by atoms with Crippen LogP contribution in [-0.4, -0.2) is 43.0 Å². The number of para-hydroxylation sites is 1. The van der Waals surface area contributed by atoms with E-state index in [4.69, 9.17) is 14.2 Å². The molecule has 23 heavy (non-hydrogen) atoms. The van der Waals surface area contributed by atoms with Crippen LogP contribution in [0.4, 0.5) is 0 Å². The number of benzene rings is 1. The molecule has 122 valence electrons. The molecule has 1 aromatic heterocycles. The number of hydrogen-bond acceptors (Lipinski definition) is 7. The molecular weight excluding hydrogens is 316 g/mol. The number of nitrogens with zero attached hydrogens (tertiary/aromatic N) is 2. The molecule has 2 rings (SSSR count). The lowest BCUT2D eigenvalue weighted by Gasteiger charge is -2.17. The van der Waals surface area contributed by atoms with Gasteiger partial charge < -0.3 is 14.2 Å². The molecule has 0 radical (unpaired) electrons. The number of rotatable bonds is 7. The van der Waals surface area contributed by atoms with Crippen LogP contribution < -0.4 is 4.74 Å². The molecule has 0 spiro atoms. The van der Waals surface area contributed by atoms with Gasteiger partial charge in [-0.05, 0) is 12.3 Å². The fraction of sp³-hybridized carbons (Fsp3) is 0.312. The second kappa shape index (κ2) is 8.50. The lowest BCUT2D eigenvalue weighted by Crippen LogP contribution is -2.19. The minimum Gasteiger partial charge on any atom is -0.468 e. The lowest BCUT2D eigenvalue weighted by molar-refractivity contribution is -0.143. The first-order chi connectivity index (χ1) is 11.2. The van der Waals surface area contributed by atoms with E-state index in [0.29, 0.717) is 17.2 Å². The Morgan fingerprint density at radius 1 is 1.26 bits per heavy atom. The first-order valence-corrected chi connectivity index (χ1v) is 8.11. The second-order valence-electron chi connectivity index (χ2n) is 4.57. The molecule has 0 aliphatic rings. The van der Waals surface area contributed by atoms with Crippen molar-refractivity contribution in [2.24, 2.45) is 0 Å². The van der Waals surface area contributed by atoms with Crippen LogP contribution in [0.15, 0.2) is 41.7 Å². The van der Waals surface area contributed by atoms with Crippen molar-refractivity contribution >= 4 is 17.7 Å². The summed E-state index contributed by atoms with van der Waals surface area (Å²) in [5, 5.41) is 0.800. The van der Waals surface area contributed by atoms with Gasteiger partial charge in [0.2, 0.25) is 5.88 Å². The van der Waals surface area contributed by atoms with Gasteiger partial charge in [-0.15, -0.1) is 11.8 Å². The predicted molar refractivity (Wildman–Crippen MR) is 87.0 cm³/mol. The molecule has 0 aliphatic heterocycles. The van der Waals surface area contributed by atoms with Crippen molar-refractivity contribution in [3.63, 3.8) is 0 Å². The zero-order valence-electron chi connectivity index (χ0n) is 13.2. The van der Waals surface area contributed by atoms with Gasteiger partial charge in [0.1, 0.15) is 23.0 Å². The standard InChI is InChI=1S/C16H18N2O4S/c1-20-9-12(16(19)21-2)11-6-4-5-7-13(11)22-14-8-15(23-3)18-10-17-14/h4-8,10,12H,9H2,1-3H3. The highest BCUT2D eigenvalue weighted by atomic mass is 32.2. The predicted octanol–water partition coefficient (Wildman–Crippen LogP) is 2.89. The molecule has 0 bridgehead atoms. The fourth-order valence-electron chi connectivity index (χ4n) is 2.06. The highest BCUT2D eigenvalue weighted by Crippen LogP contribution is 2.31. The van der Waals surface area contributed by atoms with Gasteiger partial charge >= 0.3 is 5.97 Å². The summed E-state index contributed by atoms with van der Waals surface area (Å²) in [5.41, 5.74) is 0.686. The van der Waals surface area contributed by atoms with E-state index in [0.717, 1.165) is 5.03 Å². The first kappa shape index (κ1) is 17.2. The first-order valence-electron chi connectivity index (χ1n) is 6.89. The average Bonchev–Trinajstić information content (AvgIpc) is 2.60. The number of aromatic nitrogens is 2. The Balaban J connectivity index is 2.33. The molecule has 2 aromatic rings. The lowest BCUT2D eigenvalue weighted by atomic mass is 9.99. The number of methoxy groups -OCH3 is 2. The summed E-state index contributed by atoms with van der Waals surface area (Å²) >= 11 is 1.50. The summed E-state index contributed by atoms with van der Waals surface area (Å²) in [4.78, 5) is 20.2. The Labute approximate surface area is 139 Å². The molecule has 1 aromatic carbocycles. The van der Waals surface area contributed by atoms with Crippen molar-refractivity contribution in [3.8, 4) is 11.6 Å². The van der Waals surface area contributed by atoms with E-state index in [-0.39, 0.29) is 12.6 Å². The van der Waals surface area contributed by atoms with Crippen LogP contribution >= 0.6 is 11.8 Å². The Morgan fingerprint density at radius 2 is 2.04 bits per heavy atom. The summed E-state index contributed by atoms with van der Waals surface area (Å²) in [6.07, 6.45) is 3.36. The van der Waals surface area contributed by atoms with Crippen LogP contribution in [0.3, 0.4) is 0 Å². The number of esters is 1. The number of thioether (sulfide) groups is 1. The molecule has 0 saturated carbocycles. The Bertz CT molecular complexity index is 666. The normalized spacial score (nSPS) is 11.8. The van der Waals surface area contributed by atoms with Crippen molar-refractivity contribution in [1.29, 1.82) is 0 Å². The van der Waals surface area contributed by atoms with Crippen molar-refractivity contribution in [2.75, 3.05) is 27.1 Å². The zero-order valence-corrected chi connectivity index (χ0v) is 14.0. The number of carbonyl (C=O) groups excluding carboxylic acids is 1. The quantitative estimate of drug-likeness (QED) is 0.438. The van der Waals surface area contributed by atoms with E-state index >= 15 is 0 Å². The van der Waals surface area contributed by atoms with Gasteiger partial charge in [0.15, 0.2) is 0 Å². The maximum atomic E-state index is 12.0. The molecule has 1 atom stereocenters. The third-order valence-electron chi connectivity index (χ3n) is 3.15. The average molecular weight is 334 g/mol. The SMILES string of the molecule is COCC(C(=O)OC)c1ccccc1Oc1cc(SC)ncn1. The highest BCUT2D eigenvalue weighted by Gasteiger charge is 2.25. The van der Waals surface area contributed by atoms with E-state index in [2.05, 4.69) is 9.97 Å². The molecule has 0 amide bonds. The topological polar surface area (TPSA) is 70.5 Å². The molecular formula is C16H18N2O4S. The second-order valence-corrected chi connectivity index (χ2v) is 5.40. The Morgan fingerprint density at radius 3 is 2.74 bits per heavy atom. The third kappa shape index (κ3) is 4.43. The van der Waals surface area contributed by atoms with Gasteiger partial charge in [-0.3, -0.25) is 4.79 Å². The van der Waals surface area contributed by atoms with Crippen LogP contribution in [0.1, 0.15) is 11.5 Å². The number of ether oxygens (including phenoxy) is 3. The van der Waals surface area contributed by atoms with E-state index in [1.54, 1.807) is 12.1 Å². The number of carbonyl (C=O) groups is 1. The fourth-order valence-corrected chi connectivity index (χ4v) is 2.43. The van der Waals surface area contributed by atoms with Crippen LogP contribution in [-0.2, 0) is 14.3 Å². The summed E-state index contributed by atoms with van der Waals surface area (Å²) in [7, 11) is 2.89. The molecule has 0 fully saturated rings. The van der Waals surface area contributed by atoms with Gasteiger partial charge in [0, 0.05) is 18.7 Å². The van der Waals surface area contributed by atoms with E-state index in [1.807, 2.05) is 24.5 Å². The van der Waals surface area contributed by atoms with E-state index in [9.17, 15) is 4.79 Å². The van der Waals surface area contributed by atoms with Crippen molar-refractivity contribution in [2.45, 2.75) is 10.9 Å². The maximum Gasteiger partial charge on any atom is 0.315 e. The summed E-state index contributed by atoms with van der Waals surface area (Å²) < 4.78 is 15.8. The van der Waals surface area contributed by atoms with Gasteiger partial charge in [-0.25, -0.2) is 9.97 Å². The maximum absolute atomic E-state index is 12.0. The van der Waals surface area contributed by atoms with E-state index < -0.39 is 5.92 Å². The van der Waals surface area contributed by atoms with Gasteiger partial charge in [0.05, 0.1) is 13.7 Å². The van der Waals surface area contributed by atoms with Gasteiger partial charge in [-0.2, -0.15) is 0 Å².